The molecule has 10 heteroatoms. The molecule has 0 amide bonds. The summed E-state index contributed by atoms with van der Waals surface area (Å²) in [6.07, 6.45) is 3.62. The molecule has 9 nitrogen and oxygen atoms in total. The van der Waals surface area contributed by atoms with Gasteiger partial charge >= 0.3 is 0 Å². The van der Waals surface area contributed by atoms with Crippen LogP contribution in [0.2, 0.25) is 0 Å². The zero-order valence-corrected chi connectivity index (χ0v) is 18.4. The number of piperidine rings is 1. The molecule has 0 unspecified atom stereocenters. The van der Waals surface area contributed by atoms with Gasteiger partial charge in [0.1, 0.15) is 5.82 Å². The van der Waals surface area contributed by atoms with E-state index in [1.54, 1.807) is 11.8 Å². The van der Waals surface area contributed by atoms with Crippen LogP contribution in [-0.2, 0) is 0 Å². The Labute approximate surface area is 180 Å². The number of para-hydroxylation sites is 1. The highest BCUT2D eigenvalue weighted by Crippen LogP contribution is 2.36. The first-order valence-electron chi connectivity index (χ1n) is 10.1. The van der Waals surface area contributed by atoms with Gasteiger partial charge in [0, 0.05) is 27.2 Å². The van der Waals surface area contributed by atoms with Crippen LogP contribution in [0.1, 0.15) is 37.3 Å². The highest BCUT2D eigenvalue weighted by atomic mass is 32.2. The Bertz CT molecular complexity index is 983. The number of nitrogens with two attached hydrogens (primary N) is 1. The molecular weight excluding hydrogens is 398 g/mol. The molecule has 0 saturated carbocycles. The molecule has 0 bridgehead atoms. The lowest BCUT2D eigenvalue weighted by atomic mass is 10.1. The molecule has 1 fully saturated rings. The second-order valence-corrected chi connectivity index (χ2v) is 8.82. The van der Waals surface area contributed by atoms with Gasteiger partial charge in [0.15, 0.2) is 5.16 Å². The first-order valence-corrected chi connectivity index (χ1v) is 11.0. The topological polar surface area (TPSA) is 102 Å². The Morgan fingerprint density at radius 1 is 1.00 bits per heavy atom. The predicted octanol–water partition coefficient (Wildman–Crippen LogP) is 2.94. The van der Waals surface area contributed by atoms with Crippen molar-refractivity contribution >= 4 is 29.6 Å². The van der Waals surface area contributed by atoms with E-state index in [-0.39, 0.29) is 11.2 Å². The van der Waals surface area contributed by atoms with Crippen molar-refractivity contribution in [2.24, 2.45) is 0 Å². The normalized spacial score (nSPS) is 15.2. The van der Waals surface area contributed by atoms with Crippen molar-refractivity contribution in [3.05, 3.63) is 36.2 Å². The number of aromatic nitrogens is 6. The van der Waals surface area contributed by atoms with Gasteiger partial charge in [-0.15, -0.1) is 10.2 Å². The van der Waals surface area contributed by atoms with E-state index in [4.69, 9.17) is 5.73 Å². The van der Waals surface area contributed by atoms with E-state index in [2.05, 4.69) is 46.7 Å². The molecule has 158 valence electrons. The Kier molecular flexibility index (Phi) is 6.03. The number of thioether (sulfide) groups is 1. The first kappa shape index (κ1) is 20.4. The number of hydrogen-bond donors (Lipinski definition) is 1. The van der Waals surface area contributed by atoms with Gasteiger partial charge in [-0.3, -0.25) is 4.57 Å². The zero-order valence-electron chi connectivity index (χ0n) is 17.6. The van der Waals surface area contributed by atoms with Gasteiger partial charge in [-0.2, -0.15) is 15.0 Å². The third-order valence-corrected chi connectivity index (χ3v) is 6.01. The van der Waals surface area contributed by atoms with Crippen LogP contribution in [0.5, 0.6) is 0 Å². The summed E-state index contributed by atoms with van der Waals surface area (Å²) in [6, 6.07) is 10.2. The van der Waals surface area contributed by atoms with Gasteiger partial charge in [0.25, 0.3) is 0 Å². The monoisotopic (exact) mass is 425 g/mol. The van der Waals surface area contributed by atoms with Crippen LogP contribution in [0.3, 0.4) is 0 Å². The van der Waals surface area contributed by atoms with E-state index in [9.17, 15) is 0 Å². The van der Waals surface area contributed by atoms with Gasteiger partial charge in [-0.25, -0.2) is 0 Å². The van der Waals surface area contributed by atoms with Crippen molar-refractivity contribution in [2.75, 3.05) is 42.7 Å². The van der Waals surface area contributed by atoms with Crippen LogP contribution in [0.25, 0.3) is 5.69 Å². The summed E-state index contributed by atoms with van der Waals surface area (Å²) in [4.78, 5) is 17.2. The molecule has 0 radical (unpaired) electrons. The van der Waals surface area contributed by atoms with Gasteiger partial charge in [0.05, 0.1) is 10.9 Å². The molecule has 1 aliphatic heterocycles. The van der Waals surface area contributed by atoms with E-state index >= 15 is 0 Å². The maximum atomic E-state index is 5.91. The summed E-state index contributed by atoms with van der Waals surface area (Å²) in [5, 5.41) is 9.82. The maximum absolute atomic E-state index is 5.91. The summed E-state index contributed by atoms with van der Waals surface area (Å²) in [5.41, 5.74) is 6.96. The number of anilines is 3. The number of hydrogen-bond acceptors (Lipinski definition) is 9. The zero-order chi connectivity index (χ0) is 21.1. The standard InChI is InChI=1S/C20H27N9S/c1-14(16-22-17(21)24-18(23-16)27(2)3)30-20-26-25-19(28-12-8-5-9-13-28)29(20)15-10-6-4-7-11-15/h4,6-7,10-11,14H,5,8-9,12-13H2,1-3H3,(H2,21,22,23,24)/t14-/m0/s1. The average molecular weight is 426 g/mol. The number of nitrogens with zero attached hydrogens (tertiary/aromatic N) is 8. The average Bonchev–Trinajstić information content (AvgIpc) is 3.18. The van der Waals surface area contributed by atoms with Crippen LogP contribution in [0.15, 0.2) is 35.5 Å². The Morgan fingerprint density at radius 3 is 2.43 bits per heavy atom. The lowest BCUT2D eigenvalue weighted by Crippen LogP contribution is -2.31. The maximum Gasteiger partial charge on any atom is 0.232 e. The Balaban J connectivity index is 1.68. The molecule has 2 aromatic heterocycles. The van der Waals surface area contributed by atoms with Gasteiger partial charge in [-0.1, -0.05) is 30.0 Å². The van der Waals surface area contributed by atoms with Gasteiger partial charge in [0.2, 0.25) is 17.8 Å². The minimum Gasteiger partial charge on any atom is -0.368 e. The molecule has 0 aliphatic carbocycles. The summed E-state index contributed by atoms with van der Waals surface area (Å²) < 4.78 is 2.13. The first-order chi connectivity index (χ1) is 14.5. The van der Waals surface area contributed by atoms with Crippen molar-refractivity contribution in [3.8, 4) is 5.69 Å². The molecule has 3 aromatic rings. The van der Waals surface area contributed by atoms with E-state index in [0.29, 0.717) is 11.8 Å². The molecule has 4 rings (SSSR count). The highest BCUT2D eigenvalue weighted by molar-refractivity contribution is 7.99. The summed E-state index contributed by atoms with van der Waals surface area (Å²) in [6.45, 7) is 4.05. The summed E-state index contributed by atoms with van der Waals surface area (Å²) >= 11 is 1.57. The Morgan fingerprint density at radius 2 is 1.73 bits per heavy atom. The van der Waals surface area contributed by atoms with E-state index in [1.165, 1.54) is 19.3 Å². The quantitative estimate of drug-likeness (QED) is 0.597. The number of nitrogen functional groups attached to an aromatic ring is 1. The lowest BCUT2D eigenvalue weighted by Gasteiger charge is -2.28. The SMILES string of the molecule is C[C@H](Sc1nnc(N2CCCCC2)n1-c1ccccc1)c1nc(N)nc(N(C)C)n1. The minimum atomic E-state index is -0.0742. The van der Waals surface area contributed by atoms with Gasteiger partial charge < -0.3 is 15.5 Å². The molecule has 2 N–H and O–H groups in total. The fourth-order valence-electron chi connectivity index (χ4n) is 3.43. The number of rotatable bonds is 6. The van der Waals surface area contributed by atoms with Crippen LogP contribution in [-0.4, -0.2) is 56.9 Å². The minimum absolute atomic E-state index is 0.0742. The van der Waals surface area contributed by atoms with E-state index in [0.717, 1.165) is 29.9 Å². The second kappa shape index (κ2) is 8.86. The van der Waals surface area contributed by atoms with E-state index < -0.39 is 0 Å². The molecule has 1 saturated heterocycles. The summed E-state index contributed by atoms with van der Waals surface area (Å²) in [7, 11) is 3.76. The number of benzene rings is 1. The third-order valence-electron chi connectivity index (χ3n) is 4.97. The Hall–Kier alpha value is -2.88. The predicted molar refractivity (Wildman–Crippen MR) is 120 cm³/mol. The molecule has 1 atom stereocenters. The highest BCUT2D eigenvalue weighted by Gasteiger charge is 2.24. The van der Waals surface area contributed by atoms with Crippen LogP contribution in [0.4, 0.5) is 17.8 Å². The lowest BCUT2D eigenvalue weighted by molar-refractivity contribution is 0.564. The van der Waals surface area contributed by atoms with Crippen molar-refractivity contribution in [1.29, 1.82) is 0 Å². The summed E-state index contributed by atoms with van der Waals surface area (Å²) in [5.74, 6) is 2.27. The van der Waals surface area contributed by atoms with Crippen LogP contribution < -0.4 is 15.5 Å². The molecular formula is C20H27N9S. The molecule has 1 aliphatic rings. The van der Waals surface area contributed by atoms with E-state index in [1.807, 2.05) is 44.1 Å². The molecule has 3 heterocycles. The van der Waals surface area contributed by atoms with Crippen molar-refractivity contribution in [3.63, 3.8) is 0 Å². The largest absolute Gasteiger partial charge is 0.368 e. The molecule has 30 heavy (non-hydrogen) atoms. The molecule has 1 aromatic carbocycles. The van der Waals surface area contributed by atoms with Gasteiger partial charge in [-0.05, 0) is 38.3 Å². The third kappa shape index (κ3) is 4.33. The van der Waals surface area contributed by atoms with Crippen molar-refractivity contribution in [2.45, 2.75) is 36.6 Å². The van der Waals surface area contributed by atoms with Crippen molar-refractivity contribution < 1.29 is 0 Å². The van der Waals surface area contributed by atoms with Crippen LogP contribution >= 0.6 is 11.8 Å². The fourth-order valence-corrected chi connectivity index (χ4v) is 4.34. The fraction of sp³-hybridized carbons (Fsp3) is 0.450. The van der Waals surface area contributed by atoms with Crippen molar-refractivity contribution in [1.82, 2.24) is 29.7 Å². The molecule has 0 spiro atoms. The second-order valence-electron chi connectivity index (χ2n) is 7.51. The van der Waals surface area contributed by atoms with Crippen LogP contribution in [0, 0.1) is 0 Å². The smallest absolute Gasteiger partial charge is 0.232 e.